The molecule has 0 amide bonds. The minimum atomic E-state index is -1.16. The Morgan fingerprint density at radius 2 is 2.04 bits per heavy atom. The summed E-state index contributed by atoms with van der Waals surface area (Å²) < 4.78 is 27.1. The summed E-state index contributed by atoms with van der Waals surface area (Å²) in [4.78, 5) is 22.1. The van der Waals surface area contributed by atoms with E-state index in [2.05, 4.69) is 9.97 Å². The Morgan fingerprint density at radius 3 is 2.71 bits per heavy atom. The van der Waals surface area contributed by atoms with Crippen molar-refractivity contribution in [2.75, 3.05) is 18.0 Å². The molecule has 24 heavy (non-hydrogen) atoms. The number of halogens is 2. The predicted molar refractivity (Wildman–Crippen MR) is 83.6 cm³/mol. The van der Waals surface area contributed by atoms with Gasteiger partial charge in [0.25, 0.3) is 0 Å². The van der Waals surface area contributed by atoms with Crippen molar-refractivity contribution < 1.29 is 18.7 Å². The van der Waals surface area contributed by atoms with E-state index in [0.717, 1.165) is 12.1 Å². The molecule has 7 heteroatoms. The summed E-state index contributed by atoms with van der Waals surface area (Å²) in [5.41, 5.74) is -0.953. The standard InChI is InChI=1S/C17H17F2N3O2/c18-13-4-3-12(14(19)9-13)10-17(15(23)24)5-1-8-22(11-17)16-20-6-2-7-21-16/h2-4,6-7,9H,1,5,8,10-11H2,(H,23,24)/t17-/m1/s1. The Bertz CT molecular complexity index is 742. The van der Waals surface area contributed by atoms with E-state index in [0.29, 0.717) is 25.3 Å². The molecule has 1 fully saturated rings. The fourth-order valence-electron chi connectivity index (χ4n) is 3.18. The molecule has 1 aliphatic heterocycles. The summed E-state index contributed by atoms with van der Waals surface area (Å²) in [6.45, 7) is 0.827. The maximum atomic E-state index is 14.0. The largest absolute Gasteiger partial charge is 0.481 e. The van der Waals surface area contributed by atoms with Crippen LogP contribution >= 0.6 is 0 Å². The number of carboxylic acid groups (broad SMARTS) is 1. The molecule has 0 aliphatic carbocycles. The number of rotatable bonds is 4. The summed E-state index contributed by atoms with van der Waals surface area (Å²) in [6.07, 6.45) is 4.24. The molecule has 2 heterocycles. The van der Waals surface area contributed by atoms with E-state index < -0.39 is 23.0 Å². The lowest BCUT2D eigenvalue weighted by atomic mass is 9.75. The molecule has 0 spiro atoms. The average Bonchev–Trinajstić information content (AvgIpc) is 2.58. The van der Waals surface area contributed by atoms with Crippen molar-refractivity contribution in [1.29, 1.82) is 0 Å². The third kappa shape index (κ3) is 3.20. The zero-order valence-electron chi connectivity index (χ0n) is 13.0. The molecule has 1 aliphatic rings. The highest BCUT2D eigenvalue weighted by atomic mass is 19.1. The van der Waals surface area contributed by atoms with Gasteiger partial charge in [-0.3, -0.25) is 4.79 Å². The first-order valence-corrected chi connectivity index (χ1v) is 7.69. The Kier molecular flexibility index (Phi) is 4.42. The van der Waals surface area contributed by atoms with Crippen LogP contribution in [0, 0.1) is 17.0 Å². The summed E-state index contributed by atoms with van der Waals surface area (Å²) >= 11 is 0. The first-order valence-electron chi connectivity index (χ1n) is 7.69. The van der Waals surface area contributed by atoms with Crippen molar-refractivity contribution in [3.05, 3.63) is 53.9 Å². The smallest absolute Gasteiger partial charge is 0.311 e. The van der Waals surface area contributed by atoms with Crippen LogP contribution in [0.5, 0.6) is 0 Å². The number of anilines is 1. The van der Waals surface area contributed by atoms with Gasteiger partial charge in [-0.2, -0.15) is 0 Å². The van der Waals surface area contributed by atoms with Crippen LogP contribution in [0.4, 0.5) is 14.7 Å². The van der Waals surface area contributed by atoms with Crippen molar-refractivity contribution >= 4 is 11.9 Å². The van der Waals surface area contributed by atoms with Gasteiger partial charge in [0.2, 0.25) is 5.95 Å². The van der Waals surface area contributed by atoms with Crippen molar-refractivity contribution in [1.82, 2.24) is 9.97 Å². The van der Waals surface area contributed by atoms with Gasteiger partial charge in [-0.15, -0.1) is 0 Å². The molecule has 2 aromatic rings. The van der Waals surface area contributed by atoms with E-state index in [1.165, 1.54) is 6.07 Å². The summed E-state index contributed by atoms with van der Waals surface area (Å²) in [6, 6.07) is 4.93. The SMILES string of the molecule is O=C(O)[C@@]1(Cc2ccc(F)cc2F)CCCN(c2ncccn2)C1. The number of hydrogen-bond acceptors (Lipinski definition) is 4. The molecule has 3 rings (SSSR count). The molecule has 126 valence electrons. The van der Waals surface area contributed by atoms with Gasteiger partial charge in [-0.1, -0.05) is 6.07 Å². The third-order valence-electron chi connectivity index (χ3n) is 4.41. The van der Waals surface area contributed by atoms with E-state index in [-0.39, 0.29) is 18.5 Å². The fraction of sp³-hybridized carbons (Fsp3) is 0.353. The van der Waals surface area contributed by atoms with Crippen LogP contribution in [-0.4, -0.2) is 34.1 Å². The van der Waals surface area contributed by atoms with Crippen LogP contribution in [0.3, 0.4) is 0 Å². The Hall–Kier alpha value is -2.57. The molecule has 0 unspecified atom stereocenters. The maximum absolute atomic E-state index is 14.0. The van der Waals surface area contributed by atoms with Crippen molar-refractivity contribution in [2.45, 2.75) is 19.3 Å². The van der Waals surface area contributed by atoms with Gasteiger partial charge in [0.1, 0.15) is 11.6 Å². The van der Waals surface area contributed by atoms with E-state index >= 15 is 0 Å². The highest BCUT2D eigenvalue weighted by Gasteiger charge is 2.43. The van der Waals surface area contributed by atoms with Crippen LogP contribution in [0.15, 0.2) is 36.7 Å². The van der Waals surface area contributed by atoms with E-state index in [1.54, 1.807) is 23.4 Å². The number of piperidine rings is 1. The minimum Gasteiger partial charge on any atom is -0.481 e. The van der Waals surface area contributed by atoms with Gasteiger partial charge in [0.15, 0.2) is 0 Å². The zero-order valence-corrected chi connectivity index (χ0v) is 13.0. The average molecular weight is 333 g/mol. The van der Waals surface area contributed by atoms with Crippen LogP contribution < -0.4 is 4.90 Å². The van der Waals surface area contributed by atoms with Crippen LogP contribution in [0.2, 0.25) is 0 Å². The molecular weight excluding hydrogens is 316 g/mol. The second-order valence-electron chi connectivity index (χ2n) is 6.07. The van der Waals surface area contributed by atoms with Crippen molar-refractivity contribution in [2.24, 2.45) is 5.41 Å². The topological polar surface area (TPSA) is 66.3 Å². The number of benzene rings is 1. The first kappa shape index (κ1) is 16.3. The number of carbonyl (C=O) groups is 1. The van der Waals surface area contributed by atoms with Crippen LogP contribution in [-0.2, 0) is 11.2 Å². The van der Waals surface area contributed by atoms with E-state index in [4.69, 9.17) is 0 Å². The molecule has 0 radical (unpaired) electrons. The summed E-state index contributed by atoms with van der Waals surface area (Å²) in [5, 5.41) is 9.80. The number of hydrogen-bond donors (Lipinski definition) is 1. The Labute approximate surface area is 138 Å². The molecule has 0 saturated carbocycles. The summed E-state index contributed by atoms with van der Waals surface area (Å²) in [5.74, 6) is -1.93. The number of aliphatic carboxylic acids is 1. The van der Waals surface area contributed by atoms with Gasteiger partial charge in [0, 0.05) is 31.5 Å². The first-order chi connectivity index (χ1) is 11.5. The monoisotopic (exact) mass is 333 g/mol. The highest BCUT2D eigenvalue weighted by Crippen LogP contribution is 2.36. The lowest BCUT2D eigenvalue weighted by Crippen LogP contribution is -2.49. The van der Waals surface area contributed by atoms with Crippen LogP contribution in [0.1, 0.15) is 18.4 Å². The second-order valence-corrected chi connectivity index (χ2v) is 6.07. The molecule has 5 nitrogen and oxygen atoms in total. The second kappa shape index (κ2) is 6.51. The zero-order chi connectivity index (χ0) is 17.2. The molecule has 1 atom stereocenters. The van der Waals surface area contributed by atoms with E-state index in [1.807, 2.05) is 0 Å². The Balaban J connectivity index is 1.89. The quantitative estimate of drug-likeness (QED) is 0.932. The number of aromatic nitrogens is 2. The Morgan fingerprint density at radius 1 is 1.29 bits per heavy atom. The predicted octanol–water partition coefficient (Wildman–Crippen LogP) is 2.67. The molecule has 1 aromatic carbocycles. The van der Waals surface area contributed by atoms with Gasteiger partial charge in [0.05, 0.1) is 5.41 Å². The van der Waals surface area contributed by atoms with Crippen molar-refractivity contribution in [3.8, 4) is 0 Å². The molecule has 1 saturated heterocycles. The third-order valence-corrected chi connectivity index (χ3v) is 4.41. The van der Waals surface area contributed by atoms with Gasteiger partial charge in [-0.05, 0) is 37.0 Å². The van der Waals surface area contributed by atoms with Crippen LogP contribution in [0.25, 0.3) is 0 Å². The maximum Gasteiger partial charge on any atom is 0.311 e. The normalized spacial score (nSPS) is 20.8. The minimum absolute atomic E-state index is 0.00220. The lowest BCUT2D eigenvalue weighted by molar-refractivity contribution is -0.149. The molecule has 1 N–H and O–H groups in total. The molecule has 1 aromatic heterocycles. The summed E-state index contributed by atoms with van der Waals surface area (Å²) in [7, 11) is 0. The van der Waals surface area contributed by atoms with Gasteiger partial charge < -0.3 is 10.0 Å². The number of nitrogens with zero attached hydrogens (tertiary/aromatic N) is 3. The fourth-order valence-corrected chi connectivity index (χ4v) is 3.18. The number of carboxylic acids is 1. The molecule has 0 bridgehead atoms. The van der Waals surface area contributed by atoms with Gasteiger partial charge in [-0.25, -0.2) is 18.7 Å². The lowest BCUT2D eigenvalue weighted by Gasteiger charge is -2.40. The van der Waals surface area contributed by atoms with Gasteiger partial charge >= 0.3 is 5.97 Å². The van der Waals surface area contributed by atoms with Crippen molar-refractivity contribution in [3.63, 3.8) is 0 Å². The van der Waals surface area contributed by atoms with E-state index in [9.17, 15) is 18.7 Å². The highest BCUT2D eigenvalue weighted by molar-refractivity contribution is 5.76. The molecular formula is C17H17F2N3O2.